The lowest BCUT2D eigenvalue weighted by Gasteiger charge is -2.33. The van der Waals surface area contributed by atoms with Gasteiger partial charge in [-0.05, 0) is 64.3 Å². The smallest absolute Gasteiger partial charge is 0.408 e. The molecule has 3 amide bonds. The highest BCUT2D eigenvalue weighted by Crippen LogP contribution is 2.24. The van der Waals surface area contributed by atoms with Crippen molar-refractivity contribution in [1.82, 2.24) is 15.5 Å². The highest BCUT2D eigenvalue weighted by atomic mass is 16.6. The summed E-state index contributed by atoms with van der Waals surface area (Å²) in [5, 5.41) is 25.0. The van der Waals surface area contributed by atoms with E-state index in [2.05, 4.69) is 10.6 Å². The topological polar surface area (TPSA) is 132 Å². The van der Waals surface area contributed by atoms with Gasteiger partial charge in [0.25, 0.3) is 0 Å². The molecule has 39 heavy (non-hydrogen) atoms. The van der Waals surface area contributed by atoms with E-state index in [1.807, 2.05) is 39.0 Å². The lowest BCUT2D eigenvalue weighted by atomic mass is 9.99. The number of aryl methyl sites for hydroxylation is 1. The predicted octanol–water partition coefficient (Wildman–Crippen LogP) is 4.53. The highest BCUT2D eigenvalue weighted by Gasteiger charge is 2.36. The lowest BCUT2D eigenvalue weighted by molar-refractivity contribution is -0.142. The van der Waals surface area contributed by atoms with Crippen molar-refractivity contribution in [2.24, 2.45) is 0 Å². The van der Waals surface area contributed by atoms with Crippen LogP contribution in [0.4, 0.5) is 4.79 Å². The molecule has 3 N–H and O–H groups in total. The molecule has 0 radical (unpaired) electrons. The van der Waals surface area contributed by atoms with Crippen LogP contribution in [0.3, 0.4) is 0 Å². The number of phenols is 1. The molecule has 3 atom stereocenters. The van der Waals surface area contributed by atoms with E-state index in [-0.39, 0.29) is 24.8 Å². The fraction of sp³-hybridized carbons (Fsp3) is 0.467. The van der Waals surface area contributed by atoms with Crippen LogP contribution in [0.15, 0.2) is 48.5 Å². The van der Waals surface area contributed by atoms with Gasteiger partial charge in [0.15, 0.2) is 0 Å². The van der Waals surface area contributed by atoms with Crippen molar-refractivity contribution in [3.8, 4) is 11.8 Å². The normalized spacial score (nSPS) is 13.4. The maximum atomic E-state index is 14.1. The first-order valence-electron chi connectivity index (χ1n) is 13.2. The van der Waals surface area contributed by atoms with Gasteiger partial charge in [0, 0.05) is 12.5 Å². The molecule has 0 aliphatic carbocycles. The second-order valence-corrected chi connectivity index (χ2v) is 10.7. The van der Waals surface area contributed by atoms with Crippen molar-refractivity contribution in [2.45, 2.75) is 84.5 Å². The van der Waals surface area contributed by atoms with Crippen molar-refractivity contribution in [2.75, 3.05) is 6.54 Å². The number of nitrogens with one attached hydrogen (secondary N) is 2. The second kappa shape index (κ2) is 14.2. The van der Waals surface area contributed by atoms with Crippen LogP contribution < -0.4 is 10.6 Å². The summed E-state index contributed by atoms with van der Waals surface area (Å²) in [5.41, 5.74) is 1.38. The largest absolute Gasteiger partial charge is 0.508 e. The molecule has 0 saturated carbocycles. The summed E-state index contributed by atoms with van der Waals surface area (Å²) in [6, 6.07) is 13.1. The minimum Gasteiger partial charge on any atom is -0.508 e. The number of nitriles is 1. The van der Waals surface area contributed by atoms with Gasteiger partial charge >= 0.3 is 6.09 Å². The number of nitrogens with zero attached hydrogens (tertiary/aromatic N) is 2. The number of aromatic hydroxyl groups is 1. The number of amides is 3. The maximum absolute atomic E-state index is 14.1. The molecular weight excluding hydrogens is 496 g/mol. The van der Waals surface area contributed by atoms with Crippen LogP contribution in [0.2, 0.25) is 0 Å². The first-order valence-corrected chi connectivity index (χ1v) is 13.2. The summed E-state index contributed by atoms with van der Waals surface area (Å²) in [7, 11) is 0. The minimum absolute atomic E-state index is 0.0504. The first-order chi connectivity index (χ1) is 18.3. The number of carbonyl (C=O) groups is 3. The van der Waals surface area contributed by atoms with Crippen molar-refractivity contribution in [3.63, 3.8) is 0 Å². The van der Waals surface area contributed by atoms with Gasteiger partial charge in [-0.3, -0.25) is 9.59 Å². The second-order valence-electron chi connectivity index (χ2n) is 10.7. The number of rotatable bonds is 11. The molecule has 2 aromatic rings. The minimum atomic E-state index is -1.15. The summed E-state index contributed by atoms with van der Waals surface area (Å²) < 4.78 is 5.40. The number of hydrogen-bond acceptors (Lipinski definition) is 6. The van der Waals surface area contributed by atoms with Crippen LogP contribution >= 0.6 is 0 Å². The van der Waals surface area contributed by atoms with Crippen LogP contribution in [0.25, 0.3) is 0 Å². The van der Waals surface area contributed by atoms with Gasteiger partial charge in [0.1, 0.15) is 30.0 Å². The predicted molar refractivity (Wildman–Crippen MR) is 149 cm³/mol. The van der Waals surface area contributed by atoms with Crippen LogP contribution in [-0.4, -0.2) is 52.1 Å². The number of hydrogen-bond donors (Lipinski definition) is 3. The fourth-order valence-electron chi connectivity index (χ4n) is 4.14. The van der Waals surface area contributed by atoms with Crippen molar-refractivity contribution in [1.29, 1.82) is 5.26 Å². The number of benzene rings is 2. The standard InChI is InChI=1S/C30H40N4O5/c1-7-8-21(3)32-27(36)26(23-13-9-20(2)10-14-23)34(18-17-31)28(37)25(33-29(38)39-30(4,5)6)19-22-11-15-24(35)16-12-22/h9-16,21,25-26,35H,7-8,18-19H2,1-6H3,(H,32,36)(H,33,38). The summed E-state index contributed by atoms with van der Waals surface area (Å²) in [5.74, 6) is -0.964. The molecular formula is C30H40N4O5. The van der Waals surface area contributed by atoms with Gasteiger partial charge in [-0.25, -0.2) is 4.79 Å². The maximum Gasteiger partial charge on any atom is 0.408 e. The molecule has 0 saturated heterocycles. The average molecular weight is 537 g/mol. The quantitative estimate of drug-likeness (QED) is 0.362. The Bertz CT molecular complexity index is 1150. The lowest BCUT2D eigenvalue weighted by Crippen LogP contribution is -2.54. The molecule has 9 nitrogen and oxygen atoms in total. The molecule has 9 heteroatoms. The zero-order valence-electron chi connectivity index (χ0n) is 23.7. The Morgan fingerprint density at radius 3 is 2.21 bits per heavy atom. The molecule has 0 bridgehead atoms. The van der Waals surface area contributed by atoms with E-state index < -0.39 is 35.6 Å². The molecule has 0 aliphatic rings. The van der Waals surface area contributed by atoms with Gasteiger partial charge < -0.3 is 25.4 Å². The third-order valence-electron chi connectivity index (χ3n) is 5.95. The highest BCUT2D eigenvalue weighted by molar-refractivity contribution is 5.92. The number of phenolic OH excluding ortho intramolecular Hbond substituents is 1. The molecule has 0 aromatic heterocycles. The van der Waals surface area contributed by atoms with Crippen LogP contribution in [0.5, 0.6) is 5.75 Å². The SMILES string of the molecule is CCCC(C)NC(=O)C(c1ccc(C)cc1)N(CC#N)C(=O)C(Cc1ccc(O)cc1)NC(=O)OC(C)(C)C. The van der Waals surface area contributed by atoms with Gasteiger partial charge in [-0.2, -0.15) is 5.26 Å². The Morgan fingerprint density at radius 1 is 1.05 bits per heavy atom. The van der Waals surface area contributed by atoms with Crippen molar-refractivity contribution < 1.29 is 24.2 Å². The van der Waals surface area contributed by atoms with Gasteiger partial charge in [0.05, 0.1) is 6.07 Å². The van der Waals surface area contributed by atoms with Crippen molar-refractivity contribution >= 4 is 17.9 Å². The van der Waals surface area contributed by atoms with E-state index in [1.54, 1.807) is 45.0 Å². The molecule has 210 valence electrons. The van der Waals surface area contributed by atoms with E-state index in [1.165, 1.54) is 17.0 Å². The first kappa shape index (κ1) is 31.2. The Morgan fingerprint density at radius 2 is 1.67 bits per heavy atom. The third kappa shape index (κ3) is 9.97. The fourth-order valence-corrected chi connectivity index (χ4v) is 4.14. The van der Waals surface area contributed by atoms with Crippen LogP contribution in [0.1, 0.15) is 70.2 Å². The summed E-state index contributed by atoms with van der Waals surface area (Å²) in [4.78, 5) is 41.6. The molecule has 2 aromatic carbocycles. The van der Waals surface area contributed by atoms with E-state index in [4.69, 9.17) is 4.74 Å². The summed E-state index contributed by atoms with van der Waals surface area (Å²) in [6.07, 6.45) is 0.868. The molecule has 0 aliphatic heterocycles. The zero-order valence-corrected chi connectivity index (χ0v) is 23.7. The van der Waals surface area contributed by atoms with E-state index in [0.29, 0.717) is 11.1 Å². The molecule has 3 unspecified atom stereocenters. The molecule has 0 heterocycles. The van der Waals surface area contributed by atoms with Crippen LogP contribution in [-0.2, 0) is 20.7 Å². The molecule has 0 fully saturated rings. The summed E-state index contributed by atoms with van der Waals surface area (Å²) in [6.45, 7) is 10.6. The van der Waals surface area contributed by atoms with Gasteiger partial charge in [0.2, 0.25) is 11.8 Å². The monoisotopic (exact) mass is 536 g/mol. The Labute approximate surface area is 231 Å². The Kier molecular flexibility index (Phi) is 11.3. The Hall–Kier alpha value is -4.06. The number of ether oxygens (including phenoxy) is 1. The van der Waals surface area contributed by atoms with E-state index in [0.717, 1.165) is 18.4 Å². The summed E-state index contributed by atoms with van der Waals surface area (Å²) >= 11 is 0. The van der Waals surface area contributed by atoms with Crippen LogP contribution in [0, 0.1) is 18.3 Å². The average Bonchev–Trinajstić information content (AvgIpc) is 2.84. The van der Waals surface area contributed by atoms with Gasteiger partial charge in [-0.15, -0.1) is 0 Å². The zero-order chi connectivity index (χ0) is 29.2. The van der Waals surface area contributed by atoms with E-state index in [9.17, 15) is 24.8 Å². The number of alkyl carbamates (subject to hydrolysis) is 1. The molecule has 2 rings (SSSR count). The third-order valence-corrected chi connectivity index (χ3v) is 5.95. The Balaban J connectivity index is 2.52. The van der Waals surface area contributed by atoms with Crippen molar-refractivity contribution in [3.05, 3.63) is 65.2 Å². The van der Waals surface area contributed by atoms with E-state index >= 15 is 0 Å². The molecule has 0 spiro atoms. The number of carbonyl (C=O) groups excluding carboxylic acids is 3. The van der Waals surface area contributed by atoms with Gasteiger partial charge in [-0.1, -0.05) is 55.3 Å².